The fourth-order valence-electron chi connectivity index (χ4n) is 1.85. The zero-order valence-corrected chi connectivity index (χ0v) is 21.9. The fraction of sp³-hybridized carbons (Fsp3) is 0.200. The molecule has 0 aliphatic carbocycles. The Morgan fingerprint density at radius 3 is 1.76 bits per heavy atom. The first kappa shape index (κ1) is 32.4. The van der Waals surface area contributed by atoms with E-state index >= 15 is 0 Å². The van der Waals surface area contributed by atoms with Crippen LogP contribution >= 0.6 is 56.3 Å². The standard InChI is InChI=1S/C10H9BrF3NOS.C7H4BrF3S.C3H5NO/c11-6-1-2-8(17-4-3-9(15)16)7(5-6)10(12,13)14;8-4-1-2-6(12)5(3-4)7(9,10)11;1-2-3(4)5/h1-2,5H,3-4H2,(H2,15,16);1-3,12H;2H,1H2,(H2,4,5). The van der Waals surface area contributed by atoms with Crippen LogP contribution in [0.5, 0.6) is 0 Å². The van der Waals surface area contributed by atoms with Gasteiger partial charge < -0.3 is 11.5 Å². The Labute approximate surface area is 218 Å². The van der Waals surface area contributed by atoms with E-state index in [9.17, 15) is 35.9 Å². The molecule has 2 aromatic carbocycles. The molecule has 188 valence electrons. The Morgan fingerprint density at radius 2 is 1.38 bits per heavy atom. The second kappa shape index (κ2) is 14.7. The Kier molecular flexibility index (Phi) is 14.0. The summed E-state index contributed by atoms with van der Waals surface area (Å²) in [5.74, 6) is -0.770. The van der Waals surface area contributed by atoms with E-state index in [1.54, 1.807) is 0 Å². The molecule has 0 unspecified atom stereocenters. The van der Waals surface area contributed by atoms with E-state index in [1.165, 1.54) is 24.3 Å². The molecule has 0 radical (unpaired) electrons. The van der Waals surface area contributed by atoms with Gasteiger partial charge in [-0.3, -0.25) is 9.59 Å². The van der Waals surface area contributed by atoms with E-state index in [1.807, 2.05) is 0 Å². The van der Waals surface area contributed by atoms with Crippen LogP contribution in [-0.2, 0) is 21.9 Å². The number of nitrogens with two attached hydrogens (primary N) is 2. The average Bonchev–Trinajstić information content (AvgIpc) is 2.70. The number of amides is 2. The SMILES string of the molecule is C=CC(N)=O.FC(F)(F)c1cc(Br)ccc1S.NC(=O)CCSc1ccc(Br)cc1C(F)(F)F. The lowest BCUT2D eigenvalue weighted by Gasteiger charge is -2.12. The summed E-state index contributed by atoms with van der Waals surface area (Å²) in [5.41, 5.74) is 8.03. The third-order valence-electron chi connectivity index (χ3n) is 3.32. The zero-order valence-electron chi connectivity index (χ0n) is 17.0. The van der Waals surface area contributed by atoms with Crippen LogP contribution in [-0.4, -0.2) is 17.6 Å². The molecule has 0 aliphatic rings. The monoisotopic (exact) mass is 654 g/mol. The highest BCUT2D eigenvalue weighted by atomic mass is 79.9. The number of benzene rings is 2. The summed E-state index contributed by atoms with van der Waals surface area (Å²) in [6.07, 6.45) is -7.63. The van der Waals surface area contributed by atoms with E-state index < -0.39 is 35.3 Å². The third-order valence-corrected chi connectivity index (χ3v) is 5.77. The topological polar surface area (TPSA) is 86.2 Å². The van der Waals surface area contributed by atoms with Crippen LogP contribution in [0.15, 0.2) is 67.8 Å². The van der Waals surface area contributed by atoms with Crippen LogP contribution < -0.4 is 11.5 Å². The minimum atomic E-state index is -4.40. The molecule has 0 atom stereocenters. The second-order valence-electron chi connectivity index (χ2n) is 5.97. The first-order valence-corrected chi connectivity index (χ1v) is 11.8. The molecule has 0 saturated carbocycles. The average molecular weight is 656 g/mol. The highest BCUT2D eigenvalue weighted by molar-refractivity contribution is 9.10. The van der Waals surface area contributed by atoms with Crippen molar-refractivity contribution in [3.05, 3.63) is 69.1 Å². The van der Waals surface area contributed by atoms with E-state index in [-0.39, 0.29) is 22.0 Å². The minimum absolute atomic E-state index is 0.0536. The number of primary amides is 2. The van der Waals surface area contributed by atoms with Gasteiger partial charge in [0.1, 0.15) is 0 Å². The normalized spacial score (nSPS) is 10.9. The number of rotatable bonds is 5. The van der Waals surface area contributed by atoms with Crippen molar-refractivity contribution in [2.24, 2.45) is 11.5 Å². The number of halogens is 8. The quantitative estimate of drug-likeness (QED) is 0.143. The number of thioether (sulfide) groups is 1. The van der Waals surface area contributed by atoms with Crippen molar-refractivity contribution in [3.8, 4) is 0 Å². The van der Waals surface area contributed by atoms with E-state index in [0.29, 0.717) is 8.95 Å². The molecule has 4 N–H and O–H groups in total. The van der Waals surface area contributed by atoms with Gasteiger partial charge in [-0.1, -0.05) is 38.4 Å². The first-order valence-electron chi connectivity index (χ1n) is 8.74. The molecule has 2 aromatic rings. The van der Waals surface area contributed by atoms with Gasteiger partial charge >= 0.3 is 12.4 Å². The highest BCUT2D eigenvalue weighted by Gasteiger charge is 2.34. The lowest BCUT2D eigenvalue weighted by molar-refractivity contribution is -0.140. The molecular weight excluding hydrogens is 638 g/mol. The van der Waals surface area contributed by atoms with Crippen molar-refractivity contribution in [3.63, 3.8) is 0 Å². The molecule has 4 nitrogen and oxygen atoms in total. The van der Waals surface area contributed by atoms with Crippen molar-refractivity contribution in [1.29, 1.82) is 0 Å². The number of thiol groups is 1. The van der Waals surface area contributed by atoms with Gasteiger partial charge in [0.2, 0.25) is 11.8 Å². The Balaban J connectivity index is 0.000000556. The molecule has 14 heteroatoms. The third kappa shape index (κ3) is 13.3. The second-order valence-corrected chi connectivity index (χ2v) is 9.42. The maximum Gasteiger partial charge on any atom is 0.417 e. The summed E-state index contributed by atoms with van der Waals surface area (Å²) >= 11 is 10.6. The van der Waals surface area contributed by atoms with Crippen LogP contribution in [0.1, 0.15) is 17.5 Å². The number of hydrogen-bond acceptors (Lipinski definition) is 4. The molecule has 0 heterocycles. The number of alkyl halides is 6. The molecule has 2 amide bonds. The molecule has 2 rings (SSSR count). The fourth-order valence-corrected chi connectivity index (χ4v) is 3.85. The predicted molar refractivity (Wildman–Crippen MR) is 129 cm³/mol. The maximum atomic E-state index is 12.7. The molecule has 0 aromatic heterocycles. The molecule has 0 saturated heterocycles. The van der Waals surface area contributed by atoms with Crippen LogP contribution in [0.3, 0.4) is 0 Å². The van der Waals surface area contributed by atoms with Crippen LogP contribution in [0, 0.1) is 0 Å². The Morgan fingerprint density at radius 1 is 0.941 bits per heavy atom. The molecule has 0 fully saturated rings. The summed E-state index contributed by atoms with van der Waals surface area (Å²) in [4.78, 5) is 20.0. The number of hydrogen-bond donors (Lipinski definition) is 3. The van der Waals surface area contributed by atoms with Crippen molar-refractivity contribution in [2.45, 2.75) is 28.6 Å². The minimum Gasteiger partial charge on any atom is -0.370 e. The van der Waals surface area contributed by atoms with E-state index in [0.717, 1.165) is 30.0 Å². The van der Waals surface area contributed by atoms with Crippen molar-refractivity contribution < 1.29 is 35.9 Å². The Bertz CT molecular complexity index is 1000. The first-order chi connectivity index (χ1) is 15.5. The van der Waals surface area contributed by atoms with E-state index in [4.69, 9.17) is 5.73 Å². The largest absolute Gasteiger partial charge is 0.417 e. The Hall–Kier alpha value is -1.64. The number of carbonyl (C=O) groups excluding carboxylic acids is 2. The van der Waals surface area contributed by atoms with Gasteiger partial charge in [-0.25, -0.2) is 0 Å². The highest BCUT2D eigenvalue weighted by Crippen LogP contribution is 2.38. The summed E-state index contributed by atoms with van der Waals surface area (Å²) in [6, 6.07) is 7.74. The summed E-state index contributed by atoms with van der Waals surface area (Å²) in [6.45, 7) is 3.09. The summed E-state index contributed by atoms with van der Waals surface area (Å²) in [5, 5.41) is 0. The number of carbonyl (C=O) groups is 2. The smallest absolute Gasteiger partial charge is 0.370 e. The summed E-state index contributed by atoms with van der Waals surface area (Å²) in [7, 11) is 0. The van der Waals surface area contributed by atoms with Gasteiger partial charge in [0.25, 0.3) is 0 Å². The van der Waals surface area contributed by atoms with Gasteiger partial charge in [0, 0.05) is 30.9 Å². The molecule has 0 spiro atoms. The van der Waals surface area contributed by atoms with Crippen molar-refractivity contribution in [2.75, 3.05) is 5.75 Å². The predicted octanol–water partition coefficient (Wildman–Crippen LogP) is 6.85. The maximum absolute atomic E-state index is 12.7. The molecule has 34 heavy (non-hydrogen) atoms. The van der Waals surface area contributed by atoms with Crippen molar-refractivity contribution >= 4 is 68.1 Å². The van der Waals surface area contributed by atoms with Crippen molar-refractivity contribution in [1.82, 2.24) is 0 Å². The molecule has 0 bridgehead atoms. The van der Waals surface area contributed by atoms with Crippen LogP contribution in [0.4, 0.5) is 26.3 Å². The lowest BCUT2D eigenvalue weighted by Crippen LogP contribution is -2.11. The lowest BCUT2D eigenvalue weighted by atomic mass is 10.2. The van der Waals surface area contributed by atoms with Gasteiger partial charge in [0.05, 0.1) is 11.1 Å². The van der Waals surface area contributed by atoms with Crippen LogP contribution in [0.25, 0.3) is 0 Å². The van der Waals surface area contributed by atoms with Gasteiger partial charge in [-0.2, -0.15) is 26.3 Å². The van der Waals surface area contributed by atoms with Crippen LogP contribution in [0.2, 0.25) is 0 Å². The van der Waals surface area contributed by atoms with Gasteiger partial charge in [-0.15, -0.1) is 24.4 Å². The molecular formula is C20H18Br2F6N2O2S2. The zero-order chi connectivity index (χ0) is 26.7. The van der Waals surface area contributed by atoms with Gasteiger partial charge in [0.15, 0.2) is 0 Å². The van der Waals surface area contributed by atoms with E-state index in [2.05, 4.69) is 56.8 Å². The van der Waals surface area contributed by atoms with Gasteiger partial charge in [-0.05, 0) is 42.5 Å². The molecule has 0 aliphatic heterocycles. The summed E-state index contributed by atoms with van der Waals surface area (Å²) < 4.78 is 75.3.